The summed E-state index contributed by atoms with van der Waals surface area (Å²) in [4.78, 5) is 22.8. The van der Waals surface area contributed by atoms with Crippen LogP contribution in [0.4, 0.5) is 5.69 Å². The Morgan fingerprint density at radius 3 is 2.78 bits per heavy atom. The van der Waals surface area contributed by atoms with Gasteiger partial charge in [-0.1, -0.05) is 11.6 Å². The van der Waals surface area contributed by atoms with Crippen molar-refractivity contribution < 1.29 is 9.59 Å². The fourth-order valence-electron chi connectivity index (χ4n) is 1.51. The lowest BCUT2D eigenvalue weighted by molar-refractivity contribution is -0.117. The van der Waals surface area contributed by atoms with Crippen LogP contribution in [-0.2, 0) is 4.79 Å². The molecule has 0 fully saturated rings. The monoisotopic (exact) mass is 283 g/mol. The third kappa shape index (κ3) is 2.39. The number of primary amides is 1. The van der Waals surface area contributed by atoms with Crippen molar-refractivity contribution in [2.45, 2.75) is 0 Å². The second-order valence-electron chi connectivity index (χ2n) is 3.63. The maximum absolute atomic E-state index is 11.8. The van der Waals surface area contributed by atoms with Gasteiger partial charge in [-0.15, -0.1) is 11.3 Å². The van der Waals surface area contributed by atoms with E-state index in [0.717, 1.165) is 10.1 Å². The standard InChI is InChI=1S/C11H10ClN3O2S/c12-5-1-2-6-7(3-5)18-10(9(6)14)11(17)15-4-8(13)16/h1-3H,4,14H2,(H2,13,16)(H,15,17). The molecule has 0 bridgehead atoms. The highest BCUT2D eigenvalue weighted by atomic mass is 35.5. The zero-order valence-corrected chi connectivity index (χ0v) is 10.8. The summed E-state index contributed by atoms with van der Waals surface area (Å²) in [7, 11) is 0. The van der Waals surface area contributed by atoms with E-state index in [4.69, 9.17) is 23.1 Å². The molecular weight excluding hydrogens is 274 g/mol. The summed E-state index contributed by atoms with van der Waals surface area (Å²) < 4.78 is 0.823. The van der Waals surface area contributed by atoms with Crippen LogP contribution in [-0.4, -0.2) is 18.4 Å². The quantitative estimate of drug-likeness (QED) is 0.793. The van der Waals surface area contributed by atoms with Crippen LogP contribution in [0, 0.1) is 0 Å². The number of fused-ring (bicyclic) bond motifs is 1. The first-order valence-electron chi connectivity index (χ1n) is 5.03. The van der Waals surface area contributed by atoms with Crippen LogP contribution in [0.1, 0.15) is 9.67 Å². The smallest absolute Gasteiger partial charge is 0.263 e. The van der Waals surface area contributed by atoms with Gasteiger partial charge >= 0.3 is 0 Å². The van der Waals surface area contributed by atoms with E-state index in [-0.39, 0.29) is 6.54 Å². The number of amides is 2. The number of carbonyl (C=O) groups is 2. The number of nitrogen functional groups attached to an aromatic ring is 1. The van der Waals surface area contributed by atoms with Crippen molar-refractivity contribution in [3.63, 3.8) is 0 Å². The summed E-state index contributed by atoms with van der Waals surface area (Å²) in [5.41, 5.74) is 11.2. The lowest BCUT2D eigenvalue weighted by Crippen LogP contribution is -2.33. The van der Waals surface area contributed by atoms with Gasteiger partial charge in [-0.2, -0.15) is 0 Å². The Kier molecular flexibility index (Phi) is 3.40. The molecule has 1 aromatic carbocycles. The Balaban J connectivity index is 2.36. The van der Waals surface area contributed by atoms with E-state index in [0.29, 0.717) is 15.6 Å². The molecule has 7 heteroatoms. The summed E-state index contributed by atoms with van der Waals surface area (Å²) in [5, 5.41) is 3.75. The Hall–Kier alpha value is -1.79. The molecule has 0 radical (unpaired) electrons. The summed E-state index contributed by atoms with van der Waals surface area (Å²) in [6.45, 7) is -0.215. The van der Waals surface area contributed by atoms with Gasteiger partial charge in [0.05, 0.1) is 12.2 Å². The van der Waals surface area contributed by atoms with E-state index in [1.807, 2.05) is 0 Å². The van der Waals surface area contributed by atoms with Crippen molar-refractivity contribution in [3.8, 4) is 0 Å². The first kappa shape index (κ1) is 12.7. The number of benzene rings is 1. The molecule has 0 spiro atoms. The van der Waals surface area contributed by atoms with Gasteiger partial charge in [-0.3, -0.25) is 9.59 Å². The van der Waals surface area contributed by atoms with E-state index >= 15 is 0 Å². The highest BCUT2D eigenvalue weighted by Crippen LogP contribution is 2.34. The number of anilines is 1. The fourth-order valence-corrected chi connectivity index (χ4v) is 2.82. The van der Waals surface area contributed by atoms with Crippen molar-refractivity contribution in [1.82, 2.24) is 5.32 Å². The van der Waals surface area contributed by atoms with E-state index in [2.05, 4.69) is 5.32 Å². The maximum atomic E-state index is 11.8. The molecule has 1 aromatic heterocycles. The summed E-state index contributed by atoms with van der Waals surface area (Å²) >= 11 is 7.09. The van der Waals surface area contributed by atoms with Gasteiger partial charge in [-0.05, 0) is 18.2 Å². The number of nitrogens with two attached hydrogens (primary N) is 2. The Morgan fingerprint density at radius 1 is 1.39 bits per heavy atom. The van der Waals surface area contributed by atoms with Gasteiger partial charge < -0.3 is 16.8 Å². The van der Waals surface area contributed by atoms with Crippen molar-refractivity contribution in [2.75, 3.05) is 12.3 Å². The zero-order valence-electron chi connectivity index (χ0n) is 9.20. The van der Waals surface area contributed by atoms with Crippen LogP contribution >= 0.6 is 22.9 Å². The lowest BCUT2D eigenvalue weighted by Gasteiger charge is -2.00. The predicted octanol–water partition coefficient (Wildman–Crippen LogP) is 1.35. The number of carbonyl (C=O) groups excluding carboxylic acids is 2. The Morgan fingerprint density at radius 2 is 2.11 bits per heavy atom. The third-order valence-electron chi connectivity index (χ3n) is 2.32. The Labute approximate surface area is 112 Å². The van der Waals surface area contributed by atoms with Gasteiger partial charge in [0.25, 0.3) is 5.91 Å². The van der Waals surface area contributed by atoms with E-state index in [1.165, 1.54) is 11.3 Å². The van der Waals surface area contributed by atoms with Gasteiger partial charge in [0.2, 0.25) is 5.91 Å². The molecule has 0 saturated heterocycles. The largest absolute Gasteiger partial charge is 0.397 e. The van der Waals surface area contributed by atoms with Crippen LogP contribution in [0.15, 0.2) is 18.2 Å². The predicted molar refractivity (Wildman–Crippen MR) is 72.8 cm³/mol. The second kappa shape index (κ2) is 4.83. The van der Waals surface area contributed by atoms with Crippen molar-refractivity contribution in [2.24, 2.45) is 5.73 Å². The van der Waals surface area contributed by atoms with E-state index in [1.54, 1.807) is 18.2 Å². The van der Waals surface area contributed by atoms with Crippen molar-refractivity contribution in [1.29, 1.82) is 0 Å². The molecule has 1 heterocycles. The normalized spacial score (nSPS) is 10.5. The molecule has 5 nitrogen and oxygen atoms in total. The number of halogens is 1. The summed E-state index contributed by atoms with van der Waals surface area (Å²) in [6, 6.07) is 5.20. The van der Waals surface area contributed by atoms with Crippen LogP contribution in [0.3, 0.4) is 0 Å². The lowest BCUT2D eigenvalue weighted by atomic mass is 10.2. The van der Waals surface area contributed by atoms with Gasteiger partial charge in [0, 0.05) is 15.1 Å². The third-order valence-corrected chi connectivity index (χ3v) is 3.72. The van der Waals surface area contributed by atoms with Crippen molar-refractivity contribution in [3.05, 3.63) is 28.1 Å². The molecule has 2 rings (SSSR count). The average molecular weight is 284 g/mol. The maximum Gasteiger partial charge on any atom is 0.263 e. The SMILES string of the molecule is NC(=O)CNC(=O)c1sc2cc(Cl)ccc2c1N. The minimum Gasteiger partial charge on any atom is -0.397 e. The highest BCUT2D eigenvalue weighted by Gasteiger charge is 2.16. The molecule has 0 saturated carbocycles. The zero-order chi connectivity index (χ0) is 13.3. The number of rotatable bonds is 3. The van der Waals surface area contributed by atoms with Crippen LogP contribution in [0.2, 0.25) is 5.02 Å². The molecule has 0 unspecified atom stereocenters. The first-order valence-corrected chi connectivity index (χ1v) is 6.22. The second-order valence-corrected chi connectivity index (χ2v) is 5.12. The van der Waals surface area contributed by atoms with E-state index < -0.39 is 11.8 Å². The molecule has 2 aromatic rings. The summed E-state index contributed by atoms with van der Waals surface area (Å²) in [6.07, 6.45) is 0. The summed E-state index contributed by atoms with van der Waals surface area (Å²) in [5.74, 6) is -1.02. The molecule has 0 aliphatic rings. The topological polar surface area (TPSA) is 98.2 Å². The number of nitrogens with one attached hydrogen (secondary N) is 1. The minimum absolute atomic E-state index is 0.215. The molecule has 2 amide bonds. The molecule has 5 N–H and O–H groups in total. The molecule has 0 atom stereocenters. The molecular formula is C11H10ClN3O2S. The number of hydrogen-bond acceptors (Lipinski definition) is 4. The Bertz CT molecular complexity index is 638. The minimum atomic E-state index is -0.605. The first-order chi connectivity index (χ1) is 8.49. The van der Waals surface area contributed by atoms with Crippen LogP contribution in [0.25, 0.3) is 10.1 Å². The van der Waals surface area contributed by atoms with Gasteiger partial charge in [0.1, 0.15) is 4.88 Å². The molecule has 0 aliphatic heterocycles. The van der Waals surface area contributed by atoms with Gasteiger partial charge in [0.15, 0.2) is 0 Å². The highest BCUT2D eigenvalue weighted by molar-refractivity contribution is 7.21. The van der Waals surface area contributed by atoms with Gasteiger partial charge in [-0.25, -0.2) is 0 Å². The molecule has 18 heavy (non-hydrogen) atoms. The fraction of sp³-hybridized carbons (Fsp3) is 0.0909. The number of thiophene rings is 1. The average Bonchev–Trinajstić information content (AvgIpc) is 2.63. The van der Waals surface area contributed by atoms with Crippen LogP contribution < -0.4 is 16.8 Å². The molecule has 94 valence electrons. The van der Waals surface area contributed by atoms with E-state index in [9.17, 15) is 9.59 Å². The van der Waals surface area contributed by atoms with Crippen LogP contribution in [0.5, 0.6) is 0 Å². The molecule has 0 aliphatic carbocycles. The number of hydrogen-bond donors (Lipinski definition) is 3. The van der Waals surface area contributed by atoms with Crippen molar-refractivity contribution >= 4 is 50.5 Å².